The Labute approximate surface area is 130 Å². The Morgan fingerprint density at radius 1 is 1.24 bits per heavy atom. The number of halogens is 1. The van der Waals surface area contributed by atoms with Crippen molar-refractivity contribution in [1.82, 2.24) is 0 Å². The molecular weight excluding hydrogens is 336 g/mol. The van der Waals surface area contributed by atoms with E-state index in [-0.39, 0.29) is 11.3 Å². The summed E-state index contributed by atoms with van der Waals surface area (Å²) in [5, 5.41) is 10.8. The Hall–Kier alpha value is -2.21. The summed E-state index contributed by atoms with van der Waals surface area (Å²) in [6, 6.07) is 12.4. The van der Waals surface area contributed by atoms with E-state index in [0.717, 1.165) is 15.7 Å². The van der Waals surface area contributed by atoms with Gasteiger partial charge in [-0.2, -0.15) is 0 Å². The van der Waals surface area contributed by atoms with E-state index in [0.29, 0.717) is 12.8 Å². The van der Waals surface area contributed by atoms with Crippen LogP contribution < -0.4 is 4.90 Å². The molecule has 0 aliphatic heterocycles. The number of aldehydes is 1. The highest BCUT2D eigenvalue weighted by Crippen LogP contribution is 2.24. The summed E-state index contributed by atoms with van der Waals surface area (Å²) in [6.45, 7) is 0.642. The predicted molar refractivity (Wildman–Crippen MR) is 84.7 cm³/mol. The molecule has 0 radical (unpaired) electrons. The smallest absolute Gasteiger partial charge is 0.280 e. The number of hydrogen-bond donors (Lipinski definition) is 0. The molecule has 2 aromatic rings. The molecule has 0 amide bonds. The van der Waals surface area contributed by atoms with Crippen molar-refractivity contribution < 1.29 is 9.72 Å². The monoisotopic (exact) mass is 348 g/mol. The van der Waals surface area contributed by atoms with Gasteiger partial charge in [0, 0.05) is 29.8 Å². The normalized spacial score (nSPS) is 10.2. The molecule has 6 heteroatoms. The van der Waals surface area contributed by atoms with E-state index in [1.54, 1.807) is 6.07 Å². The summed E-state index contributed by atoms with van der Waals surface area (Å²) in [7, 11) is 1.87. The standard InChI is InChI=1S/C15H13BrN2O3/c1-17(9-11-2-4-13(16)5-3-11)14-6-7-15(18(20)21)12(8-14)10-19/h2-8,10H,9H2,1H3. The molecule has 0 unspecified atom stereocenters. The zero-order valence-corrected chi connectivity index (χ0v) is 12.9. The van der Waals surface area contributed by atoms with Crippen molar-refractivity contribution in [2.45, 2.75) is 6.54 Å². The van der Waals surface area contributed by atoms with Crippen LogP contribution in [0, 0.1) is 10.1 Å². The number of hydrogen-bond acceptors (Lipinski definition) is 4. The number of anilines is 1. The number of carbonyl (C=O) groups excluding carboxylic acids is 1. The number of nitro benzene ring substituents is 1. The maximum atomic E-state index is 11.0. The molecule has 0 saturated carbocycles. The Morgan fingerprint density at radius 3 is 2.48 bits per heavy atom. The average molecular weight is 349 g/mol. The van der Waals surface area contributed by atoms with Gasteiger partial charge < -0.3 is 4.90 Å². The van der Waals surface area contributed by atoms with E-state index in [2.05, 4.69) is 15.9 Å². The average Bonchev–Trinajstić information content (AvgIpc) is 2.48. The molecule has 2 rings (SSSR count). The second kappa shape index (κ2) is 6.49. The lowest BCUT2D eigenvalue weighted by molar-refractivity contribution is -0.385. The summed E-state index contributed by atoms with van der Waals surface area (Å²) >= 11 is 3.38. The van der Waals surface area contributed by atoms with Crippen molar-refractivity contribution in [3.05, 3.63) is 68.2 Å². The van der Waals surface area contributed by atoms with Gasteiger partial charge in [-0.05, 0) is 29.8 Å². The fourth-order valence-corrected chi connectivity index (χ4v) is 2.26. The highest BCUT2D eigenvalue weighted by atomic mass is 79.9. The molecule has 108 valence electrons. The molecule has 0 fully saturated rings. The van der Waals surface area contributed by atoms with E-state index in [4.69, 9.17) is 0 Å². The van der Waals surface area contributed by atoms with Crippen LogP contribution in [-0.4, -0.2) is 18.3 Å². The van der Waals surface area contributed by atoms with Gasteiger partial charge in [-0.15, -0.1) is 0 Å². The highest BCUT2D eigenvalue weighted by molar-refractivity contribution is 9.10. The summed E-state index contributed by atoms with van der Waals surface area (Å²) in [5.41, 5.74) is 1.77. The molecule has 0 spiro atoms. The van der Waals surface area contributed by atoms with Gasteiger partial charge in [0.05, 0.1) is 10.5 Å². The lowest BCUT2D eigenvalue weighted by atomic mass is 10.1. The summed E-state index contributed by atoms with van der Waals surface area (Å²) < 4.78 is 1.01. The minimum atomic E-state index is -0.553. The molecule has 0 aromatic heterocycles. The number of benzene rings is 2. The SMILES string of the molecule is CN(Cc1ccc(Br)cc1)c1ccc([N+](=O)[O-])c(C=O)c1. The van der Waals surface area contributed by atoms with Crippen molar-refractivity contribution in [2.75, 3.05) is 11.9 Å². The quantitative estimate of drug-likeness (QED) is 0.468. The fourth-order valence-electron chi connectivity index (χ4n) is 1.99. The maximum absolute atomic E-state index is 11.0. The molecule has 0 bridgehead atoms. The molecule has 0 saturated heterocycles. The van der Waals surface area contributed by atoms with Crippen LogP contribution in [0.4, 0.5) is 11.4 Å². The predicted octanol–water partition coefficient (Wildman–Crippen LogP) is 3.81. The van der Waals surface area contributed by atoms with Gasteiger partial charge >= 0.3 is 0 Å². The van der Waals surface area contributed by atoms with Crippen LogP contribution in [0.2, 0.25) is 0 Å². The first kappa shape index (κ1) is 15.2. The van der Waals surface area contributed by atoms with Crippen molar-refractivity contribution in [3.8, 4) is 0 Å². The van der Waals surface area contributed by atoms with Gasteiger partial charge in [0.1, 0.15) is 0 Å². The number of nitro groups is 1. The first-order valence-corrected chi connectivity index (χ1v) is 7.00. The third-order valence-corrected chi connectivity index (χ3v) is 3.64. The van der Waals surface area contributed by atoms with E-state index < -0.39 is 4.92 Å². The molecule has 0 atom stereocenters. The van der Waals surface area contributed by atoms with Crippen molar-refractivity contribution in [2.24, 2.45) is 0 Å². The van der Waals surface area contributed by atoms with Crippen LogP contribution in [-0.2, 0) is 6.54 Å². The lowest BCUT2D eigenvalue weighted by Crippen LogP contribution is -2.16. The molecule has 0 aliphatic carbocycles. The van der Waals surface area contributed by atoms with Crippen molar-refractivity contribution >= 4 is 33.6 Å². The third kappa shape index (κ3) is 3.66. The van der Waals surface area contributed by atoms with Crippen LogP contribution in [0.3, 0.4) is 0 Å². The fraction of sp³-hybridized carbons (Fsp3) is 0.133. The van der Waals surface area contributed by atoms with E-state index in [9.17, 15) is 14.9 Å². The van der Waals surface area contributed by atoms with Crippen LogP contribution in [0.5, 0.6) is 0 Å². The zero-order valence-electron chi connectivity index (χ0n) is 11.3. The second-order valence-corrected chi connectivity index (χ2v) is 5.52. The summed E-state index contributed by atoms with van der Waals surface area (Å²) in [4.78, 5) is 23.2. The summed E-state index contributed by atoms with van der Waals surface area (Å²) in [6.07, 6.45) is 0.509. The number of rotatable bonds is 5. The van der Waals surface area contributed by atoms with E-state index in [1.165, 1.54) is 12.1 Å². The second-order valence-electron chi connectivity index (χ2n) is 4.60. The molecular formula is C15H13BrN2O3. The largest absolute Gasteiger partial charge is 0.370 e. The Morgan fingerprint density at radius 2 is 1.90 bits per heavy atom. The molecule has 2 aromatic carbocycles. The first-order valence-electron chi connectivity index (χ1n) is 6.20. The lowest BCUT2D eigenvalue weighted by Gasteiger charge is -2.19. The van der Waals surface area contributed by atoms with Gasteiger partial charge in [-0.25, -0.2) is 0 Å². The molecule has 0 aliphatic rings. The molecule has 5 nitrogen and oxygen atoms in total. The number of carbonyl (C=O) groups is 1. The molecule has 21 heavy (non-hydrogen) atoms. The van der Waals surface area contributed by atoms with Gasteiger partial charge in [0.15, 0.2) is 6.29 Å². The Bertz CT molecular complexity index is 671. The van der Waals surface area contributed by atoms with Gasteiger partial charge in [-0.3, -0.25) is 14.9 Å². The number of nitrogens with zero attached hydrogens (tertiary/aromatic N) is 2. The molecule has 0 heterocycles. The minimum absolute atomic E-state index is 0.0835. The first-order chi connectivity index (χ1) is 10.0. The maximum Gasteiger partial charge on any atom is 0.280 e. The van der Waals surface area contributed by atoms with Gasteiger partial charge in [0.2, 0.25) is 0 Å². The zero-order chi connectivity index (χ0) is 15.4. The van der Waals surface area contributed by atoms with E-state index in [1.807, 2.05) is 36.2 Å². The van der Waals surface area contributed by atoms with Gasteiger partial charge in [-0.1, -0.05) is 28.1 Å². The van der Waals surface area contributed by atoms with Crippen LogP contribution in [0.1, 0.15) is 15.9 Å². The topological polar surface area (TPSA) is 63.4 Å². The van der Waals surface area contributed by atoms with Crippen LogP contribution in [0.15, 0.2) is 46.9 Å². The van der Waals surface area contributed by atoms with Gasteiger partial charge in [0.25, 0.3) is 5.69 Å². The van der Waals surface area contributed by atoms with Crippen LogP contribution in [0.25, 0.3) is 0 Å². The third-order valence-electron chi connectivity index (χ3n) is 3.11. The highest BCUT2D eigenvalue weighted by Gasteiger charge is 2.14. The van der Waals surface area contributed by atoms with Crippen molar-refractivity contribution in [1.29, 1.82) is 0 Å². The van der Waals surface area contributed by atoms with E-state index >= 15 is 0 Å². The Kier molecular flexibility index (Phi) is 4.70. The Balaban J connectivity index is 2.23. The molecule has 0 N–H and O–H groups in total. The van der Waals surface area contributed by atoms with Crippen molar-refractivity contribution in [3.63, 3.8) is 0 Å². The minimum Gasteiger partial charge on any atom is -0.370 e. The van der Waals surface area contributed by atoms with Crippen LogP contribution >= 0.6 is 15.9 Å². The summed E-state index contributed by atoms with van der Waals surface area (Å²) in [5.74, 6) is 0.